The molecule has 0 radical (unpaired) electrons. The molecular formula is C22H18Cl2IN3O3. The van der Waals surface area contributed by atoms with Crippen molar-refractivity contribution in [2.45, 2.75) is 13.5 Å². The predicted octanol–water partition coefficient (Wildman–Crippen LogP) is 5.73. The fourth-order valence-electron chi connectivity index (χ4n) is 2.58. The zero-order valence-corrected chi connectivity index (χ0v) is 20.1. The highest BCUT2D eigenvalue weighted by atomic mass is 127. The predicted molar refractivity (Wildman–Crippen MR) is 130 cm³/mol. The van der Waals surface area contributed by atoms with Crippen molar-refractivity contribution in [2.75, 3.05) is 6.61 Å². The fourth-order valence-corrected chi connectivity index (χ4v) is 3.69. The van der Waals surface area contributed by atoms with Gasteiger partial charge in [-0.3, -0.25) is 4.79 Å². The number of amides is 1. The molecule has 0 aliphatic heterocycles. The zero-order chi connectivity index (χ0) is 22.2. The number of pyridine rings is 1. The number of hydrogen-bond acceptors (Lipinski definition) is 5. The molecule has 1 aromatic heterocycles. The first-order chi connectivity index (χ1) is 15.0. The number of ether oxygens (including phenoxy) is 2. The molecule has 1 heterocycles. The van der Waals surface area contributed by atoms with Gasteiger partial charge in [0.2, 0.25) is 0 Å². The first kappa shape index (κ1) is 23.3. The van der Waals surface area contributed by atoms with Crippen molar-refractivity contribution in [1.29, 1.82) is 0 Å². The lowest BCUT2D eigenvalue weighted by Crippen LogP contribution is -2.18. The number of nitrogens with one attached hydrogen (secondary N) is 1. The van der Waals surface area contributed by atoms with E-state index in [-0.39, 0.29) is 10.7 Å². The molecule has 0 bridgehead atoms. The van der Waals surface area contributed by atoms with Crippen LogP contribution >= 0.6 is 45.8 Å². The van der Waals surface area contributed by atoms with Gasteiger partial charge in [-0.2, -0.15) is 5.10 Å². The highest BCUT2D eigenvalue weighted by Crippen LogP contribution is 2.34. The third-order valence-electron chi connectivity index (χ3n) is 4.01. The maximum Gasteiger partial charge on any atom is 0.274 e. The molecule has 1 N–H and O–H groups in total. The third-order valence-corrected chi connectivity index (χ3v) is 5.37. The minimum Gasteiger partial charge on any atom is -0.490 e. The number of rotatable bonds is 8. The maximum atomic E-state index is 12.2. The molecule has 3 rings (SSSR count). The molecule has 160 valence electrons. The smallest absolute Gasteiger partial charge is 0.274 e. The Morgan fingerprint density at radius 1 is 1.19 bits per heavy atom. The van der Waals surface area contributed by atoms with Crippen molar-refractivity contribution in [2.24, 2.45) is 5.10 Å². The lowest BCUT2D eigenvalue weighted by atomic mass is 10.2. The van der Waals surface area contributed by atoms with Gasteiger partial charge in [0.05, 0.1) is 22.0 Å². The van der Waals surface area contributed by atoms with E-state index in [1.165, 1.54) is 12.4 Å². The molecule has 2 aromatic carbocycles. The largest absolute Gasteiger partial charge is 0.490 e. The summed E-state index contributed by atoms with van der Waals surface area (Å²) in [5, 5.41) is 4.80. The van der Waals surface area contributed by atoms with Gasteiger partial charge in [0, 0.05) is 11.2 Å². The topological polar surface area (TPSA) is 72.8 Å². The highest BCUT2D eigenvalue weighted by Gasteiger charge is 2.13. The molecule has 3 aromatic rings. The van der Waals surface area contributed by atoms with E-state index in [0.717, 1.165) is 14.7 Å². The first-order valence-electron chi connectivity index (χ1n) is 9.25. The number of carbonyl (C=O) groups excluding carboxylic acids is 1. The van der Waals surface area contributed by atoms with Gasteiger partial charge in [-0.1, -0.05) is 35.3 Å². The summed E-state index contributed by atoms with van der Waals surface area (Å²) in [6.07, 6.45) is 3.03. The average Bonchev–Trinajstić information content (AvgIpc) is 2.75. The van der Waals surface area contributed by atoms with E-state index >= 15 is 0 Å². The van der Waals surface area contributed by atoms with Crippen LogP contribution in [0.4, 0.5) is 0 Å². The van der Waals surface area contributed by atoms with Crippen LogP contribution in [0.15, 0.2) is 59.8 Å². The van der Waals surface area contributed by atoms with E-state index in [1.54, 1.807) is 18.2 Å². The molecular weight excluding hydrogens is 552 g/mol. The number of carbonyl (C=O) groups is 1. The lowest BCUT2D eigenvalue weighted by molar-refractivity contribution is 0.0955. The van der Waals surface area contributed by atoms with Crippen molar-refractivity contribution < 1.29 is 14.3 Å². The maximum absolute atomic E-state index is 12.2. The Labute approximate surface area is 203 Å². The summed E-state index contributed by atoms with van der Waals surface area (Å²) in [7, 11) is 0. The summed E-state index contributed by atoms with van der Waals surface area (Å²) < 4.78 is 12.6. The molecule has 6 nitrogen and oxygen atoms in total. The number of benzene rings is 2. The summed E-state index contributed by atoms with van der Waals surface area (Å²) in [5.41, 5.74) is 4.42. The van der Waals surface area contributed by atoms with E-state index in [9.17, 15) is 4.79 Å². The van der Waals surface area contributed by atoms with E-state index in [0.29, 0.717) is 29.7 Å². The van der Waals surface area contributed by atoms with Crippen molar-refractivity contribution in [1.82, 2.24) is 10.4 Å². The Morgan fingerprint density at radius 2 is 1.97 bits per heavy atom. The minimum atomic E-state index is -0.447. The van der Waals surface area contributed by atoms with Gasteiger partial charge in [0.25, 0.3) is 5.91 Å². The second kappa shape index (κ2) is 11.3. The van der Waals surface area contributed by atoms with Crippen LogP contribution in [0.2, 0.25) is 10.2 Å². The molecule has 31 heavy (non-hydrogen) atoms. The molecule has 0 fully saturated rings. The van der Waals surface area contributed by atoms with Crippen LogP contribution in [0.25, 0.3) is 0 Å². The van der Waals surface area contributed by atoms with Gasteiger partial charge >= 0.3 is 0 Å². The second-order valence-electron chi connectivity index (χ2n) is 6.22. The molecule has 0 unspecified atom stereocenters. The number of hydrazone groups is 1. The highest BCUT2D eigenvalue weighted by molar-refractivity contribution is 14.1. The Bertz CT molecular complexity index is 1090. The average molecular weight is 570 g/mol. The monoisotopic (exact) mass is 569 g/mol. The van der Waals surface area contributed by atoms with Crippen LogP contribution in [-0.2, 0) is 6.61 Å². The van der Waals surface area contributed by atoms with E-state index in [2.05, 4.69) is 38.1 Å². The summed E-state index contributed by atoms with van der Waals surface area (Å²) >= 11 is 14.0. The quantitative estimate of drug-likeness (QED) is 0.163. The molecule has 0 atom stereocenters. The second-order valence-corrected chi connectivity index (χ2v) is 8.18. The van der Waals surface area contributed by atoms with Gasteiger partial charge in [-0.05, 0) is 77.0 Å². The standard InChI is InChI=1S/C22H18Cl2IN3O3/c1-2-30-19-11-15(12-27-28-22(29)17-4-3-9-26-21(17)24)10-18(25)20(19)31-13-14-5-7-16(23)8-6-14/h3-12H,2,13H2,1H3,(H,28,29). The van der Waals surface area contributed by atoms with Crippen LogP contribution in [0, 0.1) is 3.57 Å². The summed E-state index contributed by atoms with van der Waals surface area (Å²) in [6.45, 7) is 2.75. The van der Waals surface area contributed by atoms with Gasteiger partial charge in [0.15, 0.2) is 11.5 Å². The van der Waals surface area contributed by atoms with Crippen LogP contribution < -0.4 is 14.9 Å². The van der Waals surface area contributed by atoms with E-state index < -0.39 is 5.91 Å². The van der Waals surface area contributed by atoms with Gasteiger partial charge in [-0.15, -0.1) is 0 Å². The molecule has 0 saturated carbocycles. The number of aromatic nitrogens is 1. The Hall–Kier alpha value is -2.36. The van der Waals surface area contributed by atoms with E-state index in [1.807, 2.05) is 37.3 Å². The Kier molecular flexibility index (Phi) is 8.51. The molecule has 0 saturated heterocycles. The van der Waals surface area contributed by atoms with Crippen molar-refractivity contribution in [3.8, 4) is 11.5 Å². The van der Waals surface area contributed by atoms with Gasteiger partial charge < -0.3 is 9.47 Å². The zero-order valence-electron chi connectivity index (χ0n) is 16.4. The summed E-state index contributed by atoms with van der Waals surface area (Å²) in [5.74, 6) is 0.782. The third kappa shape index (κ3) is 6.56. The lowest BCUT2D eigenvalue weighted by Gasteiger charge is -2.15. The molecule has 1 amide bonds. The number of nitrogens with zero attached hydrogens (tertiary/aromatic N) is 2. The summed E-state index contributed by atoms with van der Waals surface area (Å²) in [4.78, 5) is 16.1. The van der Waals surface area contributed by atoms with E-state index in [4.69, 9.17) is 32.7 Å². The molecule has 0 aliphatic rings. The van der Waals surface area contributed by atoms with Crippen LogP contribution in [0.1, 0.15) is 28.4 Å². The van der Waals surface area contributed by atoms with Gasteiger partial charge in [-0.25, -0.2) is 10.4 Å². The molecule has 0 spiro atoms. The number of halogens is 3. The summed E-state index contributed by atoms with van der Waals surface area (Å²) in [6, 6.07) is 14.3. The Balaban J connectivity index is 1.73. The number of hydrogen-bond donors (Lipinski definition) is 1. The SMILES string of the molecule is CCOc1cc(C=NNC(=O)c2cccnc2Cl)cc(I)c1OCc1ccc(Cl)cc1. The minimum absolute atomic E-state index is 0.116. The molecule has 0 aliphatic carbocycles. The molecule has 9 heteroatoms. The van der Waals surface area contributed by atoms with Gasteiger partial charge in [0.1, 0.15) is 11.8 Å². The van der Waals surface area contributed by atoms with Crippen molar-refractivity contribution >= 4 is 57.9 Å². The Morgan fingerprint density at radius 3 is 2.68 bits per heavy atom. The van der Waals surface area contributed by atoms with Crippen molar-refractivity contribution in [3.05, 3.63) is 85.2 Å². The van der Waals surface area contributed by atoms with Crippen LogP contribution in [-0.4, -0.2) is 23.7 Å². The van der Waals surface area contributed by atoms with Crippen LogP contribution in [0.5, 0.6) is 11.5 Å². The van der Waals surface area contributed by atoms with Crippen LogP contribution in [0.3, 0.4) is 0 Å². The normalized spacial score (nSPS) is 10.8. The fraction of sp³-hybridized carbons (Fsp3) is 0.136. The first-order valence-corrected chi connectivity index (χ1v) is 11.1. The van der Waals surface area contributed by atoms with Crippen molar-refractivity contribution in [3.63, 3.8) is 0 Å².